The number of amides is 3. The van der Waals surface area contributed by atoms with E-state index >= 15 is 0 Å². The van der Waals surface area contributed by atoms with Gasteiger partial charge in [-0.05, 0) is 61.6 Å². The number of likely N-dealkylation sites (tertiary alicyclic amines) is 2. The smallest absolute Gasteiger partial charge is 0.419 e. The van der Waals surface area contributed by atoms with E-state index in [0.29, 0.717) is 37.5 Å². The van der Waals surface area contributed by atoms with E-state index in [1.54, 1.807) is 24.1 Å². The summed E-state index contributed by atoms with van der Waals surface area (Å²) in [4.78, 5) is 45.1. The van der Waals surface area contributed by atoms with Gasteiger partial charge < -0.3 is 19.4 Å². The molecule has 5 rings (SSSR count). The minimum atomic E-state index is -4.70. The van der Waals surface area contributed by atoms with Crippen LogP contribution < -0.4 is 4.74 Å². The summed E-state index contributed by atoms with van der Waals surface area (Å²) < 4.78 is 45.9. The molecule has 0 radical (unpaired) electrons. The summed E-state index contributed by atoms with van der Waals surface area (Å²) >= 11 is 6.11. The summed E-state index contributed by atoms with van der Waals surface area (Å²) in [5.41, 5.74) is -0.510. The van der Waals surface area contributed by atoms with Gasteiger partial charge in [-0.25, -0.2) is 0 Å². The summed E-state index contributed by atoms with van der Waals surface area (Å²) in [5, 5.41) is 0.546. The lowest BCUT2D eigenvalue weighted by atomic mass is 9.93. The number of ether oxygens (including phenoxy) is 1. The Labute approximate surface area is 248 Å². The van der Waals surface area contributed by atoms with E-state index < -0.39 is 23.7 Å². The highest BCUT2D eigenvalue weighted by atomic mass is 35.5. The largest absolute Gasteiger partial charge is 0.496 e. The standard InChI is InChI=1S/C31H35ClF3N3O4/c1-30(12-13-30)29(41)37-14-10-20(11-15-37)28(40)38-17-23(19-4-7-22(32)8-5-19)25(18-38)36(2)27(39)21-6-9-26(42-3)24(16-21)31(33,34)35/h4-9,16,20,23,25H,10-15,17-18H2,1-3H3/t23-,25?/m1/s1. The molecule has 7 nitrogen and oxygen atoms in total. The van der Waals surface area contributed by atoms with Gasteiger partial charge in [0.1, 0.15) is 5.75 Å². The molecule has 3 fully saturated rings. The van der Waals surface area contributed by atoms with Crippen molar-refractivity contribution in [2.45, 2.75) is 50.7 Å². The van der Waals surface area contributed by atoms with E-state index in [4.69, 9.17) is 16.3 Å². The van der Waals surface area contributed by atoms with Gasteiger partial charge in [-0.2, -0.15) is 13.2 Å². The highest BCUT2D eigenvalue weighted by Crippen LogP contribution is 2.47. The number of rotatable bonds is 6. The second-order valence-electron chi connectivity index (χ2n) is 11.9. The molecule has 0 bridgehead atoms. The fraction of sp³-hybridized carbons (Fsp3) is 0.516. The Balaban J connectivity index is 1.34. The van der Waals surface area contributed by atoms with Crippen LogP contribution in [-0.2, 0) is 15.8 Å². The molecule has 2 aromatic rings. The van der Waals surface area contributed by atoms with Crippen molar-refractivity contribution >= 4 is 29.3 Å². The first kappa shape index (κ1) is 30.2. The molecule has 226 valence electrons. The molecule has 2 heterocycles. The molecule has 2 aliphatic heterocycles. The number of hydrogen-bond acceptors (Lipinski definition) is 4. The first-order valence-electron chi connectivity index (χ1n) is 14.2. The maximum Gasteiger partial charge on any atom is 0.419 e. The minimum absolute atomic E-state index is 0.0224. The van der Waals surface area contributed by atoms with Crippen molar-refractivity contribution < 1.29 is 32.3 Å². The maximum absolute atomic E-state index is 13.7. The van der Waals surface area contributed by atoms with Gasteiger partial charge in [0.15, 0.2) is 0 Å². The lowest BCUT2D eigenvalue weighted by Gasteiger charge is -2.34. The van der Waals surface area contributed by atoms with Gasteiger partial charge in [-0.1, -0.05) is 30.7 Å². The van der Waals surface area contributed by atoms with E-state index in [2.05, 4.69) is 0 Å². The van der Waals surface area contributed by atoms with Crippen molar-refractivity contribution in [3.63, 3.8) is 0 Å². The normalized spacial score (nSPS) is 22.2. The molecular weight excluding hydrogens is 571 g/mol. The Bertz CT molecular complexity index is 1350. The number of carbonyl (C=O) groups is 3. The molecule has 0 aromatic heterocycles. The fourth-order valence-electron chi connectivity index (χ4n) is 6.18. The zero-order valence-electron chi connectivity index (χ0n) is 23.9. The Kier molecular flexibility index (Phi) is 8.22. The number of benzene rings is 2. The second kappa shape index (κ2) is 11.4. The van der Waals surface area contributed by atoms with Gasteiger partial charge in [-0.15, -0.1) is 0 Å². The third-order valence-electron chi connectivity index (χ3n) is 9.12. The van der Waals surface area contributed by atoms with E-state index in [1.165, 1.54) is 11.0 Å². The average Bonchev–Trinajstić information content (AvgIpc) is 3.58. The third kappa shape index (κ3) is 5.96. The van der Waals surface area contributed by atoms with Gasteiger partial charge in [0.25, 0.3) is 5.91 Å². The van der Waals surface area contributed by atoms with Crippen molar-refractivity contribution in [3.8, 4) is 5.75 Å². The van der Waals surface area contributed by atoms with Crippen molar-refractivity contribution in [2.24, 2.45) is 11.3 Å². The summed E-state index contributed by atoms with van der Waals surface area (Å²) in [7, 11) is 2.71. The van der Waals surface area contributed by atoms with Gasteiger partial charge >= 0.3 is 6.18 Å². The molecule has 11 heteroatoms. The Morgan fingerprint density at radius 1 is 1.00 bits per heavy atom. The molecule has 2 aromatic carbocycles. The van der Waals surface area contributed by atoms with Gasteiger partial charge in [0, 0.05) is 61.1 Å². The zero-order chi connectivity index (χ0) is 30.4. The lowest BCUT2D eigenvalue weighted by molar-refractivity contribution is -0.142. The molecule has 1 unspecified atom stereocenters. The maximum atomic E-state index is 13.7. The number of piperidine rings is 1. The Morgan fingerprint density at radius 3 is 2.21 bits per heavy atom. The van der Waals surface area contributed by atoms with E-state index in [-0.39, 0.29) is 46.9 Å². The van der Waals surface area contributed by atoms with Crippen LogP contribution in [0.4, 0.5) is 13.2 Å². The zero-order valence-corrected chi connectivity index (χ0v) is 24.7. The van der Waals surface area contributed by atoms with Gasteiger partial charge in [0.2, 0.25) is 11.8 Å². The first-order chi connectivity index (χ1) is 19.8. The van der Waals surface area contributed by atoms with Crippen LogP contribution in [0, 0.1) is 11.3 Å². The Hall–Kier alpha value is -3.27. The van der Waals surface area contributed by atoms with Crippen LogP contribution in [-0.4, -0.2) is 78.8 Å². The molecule has 0 spiro atoms. The SMILES string of the molecule is COc1ccc(C(=O)N(C)C2CN(C(=O)C3CCN(C(=O)C4(C)CC4)CC3)C[C@@H]2c2ccc(Cl)cc2)cc1C(F)(F)F. The minimum Gasteiger partial charge on any atom is -0.496 e. The van der Waals surface area contributed by atoms with E-state index in [1.807, 2.05) is 24.0 Å². The number of carbonyl (C=O) groups excluding carboxylic acids is 3. The molecule has 3 aliphatic rings. The van der Waals surface area contributed by atoms with Crippen LogP contribution in [0.3, 0.4) is 0 Å². The summed E-state index contributed by atoms with van der Waals surface area (Å²) in [5.74, 6) is -1.30. The van der Waals surface area contributed by atoms with Crippen LogP contribution in [0.1, 0.15) is 60.0 Å². The molecule has 3 amide bonds. The monoisotopic (exact) mass is 605 g/mol. The molecule has 42 heavy (non-hydrogen) atoms. The average molecular weight is 606 g/mol. The second-order valence-corrected chi connectivity index (χ2v) is 12.4. The highest BCUT2D eigenvalue weighted by Gasteiger charge is 2.48. The Morgan fingerprint density at radius 2 is 1.64 bits per heavy atom. The van der Waals surface area contributed by atoms with Gasteiger partial charge in [-0.3, -0.25) is 14.4 Å². The number of likely N-dealkylation sites (N-methyl/N-ethyl adjacent to an activating group) is 1. The number of nitrogens with zero attached hydrogens (tertiary/aromatic N) is 3. The van der Waals surface area contributed by atoms with Crippen LogP contribution >= 0.6 is 11.6 Å². The lowest BCUT2D eigenvalue weighted by Crippen LogP contribution is -2.46. The van der Waals surface area contributed by atoms with Crippen LogP contribution in [0.15, 0.2) is 42.5 Å². The number of methoxy groups -OCH3 is 1. The molecule has 2 saturated heterocycles. The van der Waals surface area contributed by atoms with Crippen molar-refractivity contribution in [1.29, 1.82) is 0 Å². The summed E-state index contributed by atoms with van der Waals surface area (Å²) in [6.07, 6.45) is -1.72. The van der Waals surface area contributed by atoms with Crippen molar-refractivity contribution in [3.05, 3.63) is 64.2 Å². The number of alkyl halides is 3. The number of halogens is 4. The predicted molar refractivity (Wildman–Crippen MR) is 151 cm³/mol. The highest BCUT2D eigenvalue weighted by molar-refractivity contribution is 6.30. The topological polar surface area (TPSA) is 70.2 Å². The van der Waals surface area contributed by atoms with E-state index in [9.17, 15) is 27.6 Å². The van der Waals surface area contributed by atoms with Crippen LogP contribution in [0.2, 0.25) is 5.02 Å². The molecular formula is C31H35ClF3N3O4. The summed E-state index contributed by atoms with van der Waals surface area (Å²) in [6, 6.07) is 9.98. The first-order valence-corrected chi connectivity index (χ1v) is 14.6. The van der Waals surface area contributed by atoms with Crippen LogP contribution in [0.25, 0.3) is 0 Å². The summed E-state index contributed by atoms with van der Waals surface area (Å²) in [6.45, 7) is 3.67. The van der Waals surface area contributed by atoms with Crippen LogP contribution in [0.5, 0.6) is 5.75 Å². The van der Waals surface area contributed by atoms with Crippen molar-refractivity contribution in [1.82, 2.24) is 14.7 Å². The quantitative estimate of drug-likeness (QED) is 0.438. The molecule has 1 aliphatic carbocycles. The fourth-order valence-corrected chi connectivity index (χ4v) is 6.31. The predicted octanol–water partition coefficient (Wildman–Crippen LogP) is 5.47. The van der Waals surface area contributed by atoms with Crippen molar-refractivity contribution in [2.75, 3.05) is 40.3 Å². The number of hydrogen-bond donors (Lipinski definition) is 0. The third-order valence-corrected chi connectivity index (χ3v) is 9.37. The van der Waals surface area contributed by atoms with Gasteiger partial charge in [0.05, 0.1) is 18.7 Å². The van der Waals surface area contributed by atoms with E-state index in [0.717, 1.165) is 37.6 Å². The molecule has 0 N–H and O–H groups in total. The molecule has 1 saturated carbocycles. The molecule has 2 atom stereocenters.